The lowest BCUT2D eigenvalue weighted by molar-refractivity contribution is -0.171. The lowest BCUT2D eigenvalue weighted by atomic mass is 10.3. The minimum atomic E-state index is -0.593. The fraction of sp³-hybridized carbons (Fsp3) is 0.667. The minimum absolute atomic E-state index is 0.593. The molecule has 10 heavy (non-hydrogen) atoms. The topological polar surface area (TPSA) is 69.9 Å². The Morgan fingerprint density at radius 2 is 1.50 bits per heavy atom. The van der Waals surface area contributed by atoms with Gasteiger partial charge in [0.1, 0.15) is 0 Å². The molecule has 0 aromatic carbocycles. The Morgan fingerprint density at radius 1 is 1.30 bits per heavy atom. The first kappa shape index (κ1) is 12.0. The Hall–Kier alpha value is -0.760. The molecule has 0 radical (unpaired) electrons. The molecule has 3 N–H and O–H groups in total. The second-order valence-electron chi connectivity index (χ2n) is 1.69. The van der Waals surface area contributed by atoms with Gasteiger partial charge < -0.3 is 10.2 Å². The van der Waals surface area contributed by atoms with Gasteiger partial charge in [-0.1, -0.05) is 6.42 Å². The van der Waals surface area contributed by atoms with Crippen LogP contribution in [-0.4, -0.2) is 27.7 Å². The predicted octanol–water partition coefficient (Wildman–Crippen LogP) is -0.185. The average Bonchev–Trinajstić information content (AvgIpc) is 1.89. The summed E-state index contributed by atoms with van der Waals surface area (Å²) >= 11 is 0. The maximum Gasteiger partial charge on any atom is 0.153 e. The molecular formula is C6H12O4. The normalized spacial score (nSPS) is 13.6. The second kappa shape index (κ2) is 8.24. The van der Waals surface area contributed by atoms with Crippen molar-refractivity contribution in [3.63, 3.8) is 0 Å². The molecule has 0 aromatic rings. The molecule has 0 aliphatic rings. The summed E-state index contributed by atoms with van der Waals surface area (Å²) in [6, 6.07) is 0. The lowest BCUT2D eigenvalue weighted by Crippen LogP contribution is -2.17. The van der Waals surface area contributed by atoms with Gasteiger partial charge in [0.15, 0.2) is 6.11 Å². The maximum atomic E-state index is 8.38. The number of rotatable bonds is 1. The molecule has 60 valence electrons. The van der Waals surface area contributed by atoms with Gasteiger partial charge >= 0.3 is 0 Å². The average molecular weight is 148 g/mol. The quantitative estimate of drug-likeness (QED) is 0.274. The largest absolute Gasteiger partial charge is 0.391 e. The summed E-state index contributed by atoms with van der Waals surface area (Å²) in [5.41, 5.74) is 0. The summed E-state index contributed by atoms with van der Waals surface area (Å²) in [4.78, 5) is 3.07. The molecule has 0 fully saturated rings. The van der Waals surface area contributed by atoms with Crippen LogP contribution in [0, 0.1) is 12.5 Å². The summed E-state index contributed by atoms with van der Waals surface area (Å²) in [7, 11) is 0. The van der Waals surface area contributed by atoms with Crippen LogP contribution >= 0.6 is 0 Å². The molecule has 0 rings (SSSR count). The Labute approximate surface area is 60.0 Å². The van der Waals surface area contributed by atoms with E-state index in [1.807, 2.05) is 0 Å². The standard InChI is InChI=1S/C4H10O2.C2H2O2/c1-3(5)4(2)6;1-2-4-3/h3-6H,1-2H3;1,3H. The van der Waals surface area contributed by atoms with Gasteiger partial charge in [0.05, 0.1) is 12.2 Å². The summed E-state index contributed by atoms with van der Waals surface area (Å²) in [6.07, 6.45) is 4.61. The van der Waals surface area contributed by atoms with Crippen LogP contribution in [0.5, 0.6) is 0 Å². The van der Waals surface area contributed by atoms with E-state index < -0.39 is 12.2 Å². The Kier molecular flexibility index (Phi) is 9.86. The van der Waals surface area contributed by atoms with Crippen LogP contribution in [-0.2, 0) is 4.89 Å². The van der Waals surface area contributed by atoms with Crippen LogP contribution in [0.1, 0.15) is 13.8 Å². The van der Waals surface area contributed by atoms with Crippen LogP contribution in [0.25, 0.3) is 0 Å². The van der Waals surface area contributed by atoms with Crippen LogP contribution in [0.2, 0.25) is 0 Å². The Balaban J connectivity index is 0. The fourth-order valence-electron chi connectivity index (χ4n) is 0. The molecule has 2 unspecified atom stereocenters. The van der Waals surface area contributed by atoms with Gasteiger partial charge in [0, 0.05) is 0 Å². The van der Waals surface area contributed by atoms with Crippen molar-refractivity contribution in [2.75, 3.05) is 0 Å². The molecule has 0 bridgehead atoms. The van der Waals surface area contributed by atoms with E-state index >= 15 is 0 Å². The summed E-state index contributed by atoms with van der Waals surface area (Å²) in [5.74, 6) is 0. The first-order chi connectivity index (χ1) is 4.56. The van der Waals surface area contributed by atoms with E-state index in [0.717, 1.165) is 0 Å². The first-order valence-electron chi connectivity index (χ1n) is 2.68. The highest BCUT2D eigenvalue weighted by molar-refractivity contribution is 4.64. The van der Waals surface area contributed by atoms with Crippen molar-refractivity contribution in [2.24, 2.45) is 0 Å². The fourth-order valence-corrected chi connectivity index (χ4v) is 0. The van der Waals surface area contributed by atoms with Crippen LogP contribution in [0.3, 0.4) is 0 Å². The summed E-state index contributed by atoms with van der Waals surface area (Å²) in [6.45, 7) is 3.09. The van der Waals surface area contributed by atoms with E-state index in [1.165, 1.54) is 6.11 Å². The molecular weight excluding hydrogens is 136 g/mol. The van der Waals surface area contributed by atoms with E-state index in [2.05, 4.69) is 11.3 Å². The summed E-state index contributed by atoms with van der Waals surface area (Å²) < 4.78 is 0. The highest BCUT2D eigenvalue weighted by Crippen LogP contribution is 1.85. The number of hydrogen-bond donors (Lipinski definition) is 3. The zero-order valence-electron chi connectivity index (χ0n) is 5.98. The SMILES string of the molecule is C#COO.CC(O)C(C)O. The van der Waals surface area contributed by atoms with Gasteiger partial charge in [0.25, 0.3) is 0 Å². The van der Waals surface area contributed by atoms with Crippen molar-refractivity contribution in [3.05, 3.63) is 0 Å². The highest BCUT2D eigenvalue weighted by atomic mass is 17.1. The molecule has 4 heteroatoms. The predicted molar refractivity (Wildman–Crippen MR) is 35.9 cm³/mol. The lowest BCUT2D eigenvalue weighted by Gasteiger charge is -2.03. The molecule has 0 saturated carbocycles. The van der Waals surface area contributed by atoms with Crippen molar-refractivity contribution in [3.8, 4) is 12.5 Å². The van der Waals surface area contributed by atoms with Crippen LogP contribution < -0.4 is 0 Å². The molecule has 0 aliphatic carbocycles. The second-order valence-corrected chi connectivity index (χ2v) is 1.69. The van der Waals surface area contributed by atoms with Gasteiger partial charge in [-0.15, -0.1) is 0 Å². The van der Waals surface area contributed by atoms with E-state index in [4.69, 9.17) is 15.5 Å². The van der Waals surface area contributed by atoms with E-state index in [-0.39, 0.29) is 0 Å². The van der Waals surface area contributed by atoms with Crippen LogP contribution in [0.15, 0.2) is 0 Å². The zero-order chi connectivity index (χ0) is 8.57. The molecule has 0 spiro atoms. The third kappa shape index (κ3) is 15.7. The van der Waals surface area contributed by atoms with E-state index in [1.54, 1.807) is 13.8 Å². The number of terminal acetylenes is 1. The van der Waals surface area contributed by atoms with Crippen molar-refractivity contribution >= 4 is 0 Å². The minimum Gasteiger partial charge on any atom is -0.391 e. The zero-order valence-corrected chi connectivity index (χ0v) is 5.98. The van der Waals surface area contributed by atoms with Crippen molar-refractivity contribution in [1.82, 2.24) is 0 Å². The molecule has 0 amide bonds. The van der Waals surface area contributed by atoms with Crippen LogP contribution in [0.4, 0.5) is 0 Å². The molecule has 0 aromatic heterocycles. The van der Waals surface area contributed by atoms with E-state index in [0.29, 0.717) is 0 Å². The van der Waals surface area contributed by atoms with Gasteiger partial charge in [-0.05, 0) is 13.8 Å². The molecule has 0 saturated heterocycles. The molecule has 0 heterocycles. The Morgan fingerprint density at radius 3 is 1.50 bits per heavy atom. The molecule has 4 nitrogen and oxygen atoms in total. The summed E-state index contributed by atoms with van der Waals surface area (Å²) in [5, 5.41) is 23.9. The van der Waals surface area contributed by atoms with Crippen molar-refractivity contribution in [2.45, 2.75) is 26.1 Å². The number of aliphatic hydroxyl groups excluding tert-OH is 2. The van der Waals surface area contributed by atoms with Crippen molar-refractivity contribution < 1.29 is 20.4 Å². The smallest absolute Gasteiger partial charge is 0.153 e. The van der Waals surface area contributed by atoms with Gasteiger partial charge in [-0.25, -0.2) is 0 Å². The first-order valence-corrected chi connectivity index (χ1v) is 2.68. The third-order valence-corrected chi connectivity index (χ3v) is 0.751. The van der Waals surface area contributed by atoms with E-state index in [9.17, 15) is 0 Å². The van der Waals surface area contributed by atoms with Gasteiger partial charge in [0.2, 0.25) is 0 Å². The highest BCUT2D eigenvalue weighted by Gasteiger charge is 1.99. The Bertz CT molecular complexity index is 86.4. The van der Waals surface area contributed by atoms with Gasteiger partial charge in [-0.2, -0.15) is 5.26 Å². The maximum absolute atomic E-state index is 8.38. The third-order valence-electron chi connectivity index (χ3n) is 0.751. The molecule has 0 aliphatic heterocycles. The monoisotopic (exact) mass is 148 g/mol. The van der Waals surface area contributed by atoms with Gasteiger partial charge in [-0.3, -0.25) is 4.89 Å². The number of aliphatic hydroxyl groups is 2. The molecule has 2 atom stereocenters. The number of hydrogen-bond acceptors (Lipinski definition) is 4. The van der Waals surface area contributed by atoms with Crippen molar-refractivity contribution in [1.29, 1.82) is 0 Å².